The molecule has 0 fully saturated rings. The lowest BCUT2D eigenvalue weighted by molar-refractivity contribution is 0.102. The summed E-state index contributed by atoms with van der Waals surface area (Å²) in [5.74, 6) is -0.142. The zero-order chi connectivity index (χ0) is 16.2. The van der Waals surface area contributed by atoms with Crippen molar-refractivity contribution in [2.45, 2.75) is 0 Å². The van der Waals surface area contributed by atoms with Crippen LogP contribution in [-0.2, 0) is 0 Å². The standard InChI is InChI=1S/C18H12ClIN2O/c19-12-9-10-16(21-11-12)14-6-2-4-8-17(14)22-18(23)13-5-1-3-7-15(13)20/h1-11H,(H,22,23). The van der Waals surface area contributed by atoms with Crippen molar-refractivity contribution in [3.8, 4) is 11.3 Å². The normalized spacial score (nSPS) is 10.3. The molecule has 1 heterocycles. The molecule has 0 aliphatic rings. The predicted octanol–water partition coefficient (Wildman–Crippen LogP) is 5.26. The molecule has 0 aliphatic heterocycles. The largest absolute Gasteiger partial charge is 0.321 e. The molecule has 0 saturated carbocycles. The molecule has 114 valence electrons. The molecule has 2 aromatic carbocycles. The van der Waals surface area contributed by atoms with Gasteiger partial charge >= 0.3 is 0 Å². The number of anilines is 1. The average Bonchev–Trinajstić information content (AvgIpc) is 2.56. The maximum absolute atomic E-state index is 12.5. The summed E-state index contributed by atoms with van der Waals surface area (Å²) in [6.45, 7) is 0. The van der Waals surface area contributed by atoms with Crippen LogP contribution < -0.4 is 5.32 Å². The fourth-order valence-corrected chi connectivity index (χ4v) is 2.93. The van der Waals surface area contributed by atoms with Crippen molar-refractivity contribution < 1.29 is 4.79 Å². The number of rotatable bonds is 3. The van der Waals surface area contributed by atoms with Gasteiger partial charge in [0, 0.05) is 15.3 Å². The van der Waals surface area contributed by atoms with E-state index in [0.29, 0.717) is 16.3 Å². The lowest BCUT2D eigenvalue weighted by atomic mass is 10.1. The first-order chi connectivity index (χ1) is 11.1. The molecular formula is C18H12ClIN2O. The van der Waals surface area contributed by atoms with Crippen LogP contribution in [0, 0.1) is 3.57 Å². The molecule has 1 N–H and O–H groups in total. The van der Waals surface area contributed by atoms with Gasteiger partial charge in [-0.15, -0.1) is 0 Å². The van der Waals surface area contributed by atoms with Crippen molar-refractivity contribution in [3.05, 3.63) is 81.0 Å². The lowest BCUT2D eigenvalue weighted by Gasteiger charge is -2.11. The number of aromatic nitrogens is 1. The van der Waals surface area contributed by atoms with Gasteiger partial charge < -0.3 is 5.32 Å². The number of amides is 1. The van der Waals surface area contributed by atoms with Gasteiger partial charge in [-0.05, 0) is 52.9 Å². The van der Waals surface area contributed by atoms with Crippen molar-refractivity contribution >= 4 is 45.8 Å². The van der Waals surface area contributed by atoms with Gasteiger partial charge in [0.05, 0.1) is 22.0 Å². The van der Waals surface area contributed by atoms with Crippen molar-refractivity contribution in [2.24, 2.45) is 0 Å². The van der Waals surface area contributed by atoms with E-state index in [2.05, 4.69) is 32.9 Å². The first kappa shape index (κ1) is 16.0. The number of nitrogens with zero attached hydrogens (tertiary/aromatic N) is 1. The van der Waals surface area contributed by atoms with Gasteiger partial charge in [-0.25, -0.2) is 0 Å². The second-order valence-corrected chi connectivity index (χ2v) is 6.44. The summed E-state index contributed by atoms with van der Waals surface area (Å²) in [5.41, 5.74) is 2.97. The Bertz CT molecular complexity index is 850. The van der Waals surface area contributed by atoms with Gasteiger partial charge in [0.2, 0.25) is 0 Å². The smallest absolute Gasteiger partial charge is 0.256 e. The quantitative estimate of drug-likeness (QED) is 0.572. The van der Waals surface area contributed by atoms with Crippen molar-refractivity contribution in [3.63, 3.8) is 0 Å². The van der Waals surface area contributed by atoms with Gasteiger partial charge in [0.25, 0.3) is 5.91 Å². The van der Waals surface area contributed by atoms with E-state index < -0.39 is 0 Å². The fraction of sp³-hybridized carbons (Fsp3) is 0. The summed E-state index contributed by atoms with van der Waals surface area (Å²) in [7, 11) is 0. The summed E-state index contributed by atoms with van der Waals surface area (Å²) in [4.78, 5) is 16.8. The molecule has 23 heavy (non-hydrogen) atoms. The van der Waals surface area contributed by atoms with Crippen LogP contribution in [0.3, 0.4) is 0 Å². The topological polar surface area (TPSA) is 42.0 Å². The molecule has 0 bridgehead atoms. The Kier molecular flexibility index (Phi) is 4.93. The maximum Gasteiger partial charge on any atom is 0.256 e. The van der Waals surface area contributed by atoms with E-state index in [0.717, 1.165) is 14.8 Å². The first-order valence-corrected chi connectivity index (χ1v) is 8.37. The van der Waals surface area contributed by atoms with Crippen molar-refractivity contribution in [1.29, 1.82) is 0 Å². The maximum atomic E-state index is 12.5. The predicted molar refractivity (Wildman–Crippen MR) is 102 cm³/mol. The molecule has 5 heteroatoms. The molecule has 3 nitrogen and oxygen atoms in total. The number of pyridine rings is 1. The molecule has 1 aromatic heterocycles. The summed E-state index contributed by atoms with van der Waals surface area (Å²) in [5, 5.41) is 3.54. The van der Waals surface area contributed by atoms with Gasteiger partial charge in [-0.2, -0.15) is 0 Å². The zero-order valence-corrected chi connectivity index (χ0v) is 14.9. The van der Waals surface area contributed by atoms with Crippen LogP contribution in [0.15, 0.2) is 66.9 Å². The Morgan fingerprint density at radius 3 is 2.48 bits per heavy atom. The fourth-order valence-electron chi connectivity index (χ4n) is 2.19. The van der Waals surface area contributed by atoms with Crippen molar-refractivity contribution in [1.82, 2.24) is 4.98 Å². The second-order valence-electron chi connectivity index (χ2n) is 4.84. The van der Waals surface area contributed by atoms with Gasteiger partial charge in [0.15, 0.2) is 0 Å². The summed E-state index contributed by atoms with van der Waals surface area (Å²) in [6, 6.07) is 18.7. The third kappa shape index (κ3) is 3.71. The van der Waals surface area contributed by atoms with E-state index in [-0.39, 0.29) is 5.91 Å². The first-order valence-electron chi connectivity index (χ1n) is 6.92. The Labute approximate surface area is 152 Å². The van der Waals surface area contributed by atoms with E-state index >= 15 is 0 Å². The zero-order valence-electron chi connectivity index (χ0n) is 12.0. The van der Waals surface area contributed by atoms with Crippen LogP contribution in [0.2, 0.25) is 5.02 Å². The van der Waals surface area contributed by atoms with E-state index in [4.69, 9.17) is 11.6 Å². The van der Waals surface area contributed by atoms with Crippen LogP contribution in [0.1, 0.15) is 10.4 Å². The monoisotopic (exact) mass is 434 g/mol. The highest BCUT2D eigenvalue weighted by Crippen LogP contribution is 2.27. The Morgan fingerprint density at radius 2 is 1.74 bits per heavy atom. The number of hydrogen-bond donors (Lipinski definition) is 1. The van der Waals surface area contributed by atoms with Gasteiger partial charge in [-0.3, -0.25) is 9.78 Å². The van der Waals surface area contributed by atoms with Crippen LogP contribution in [0.5, 0.6) is 0 Å². The third-order valence-corrected chi connectivity index (χ3v) is 4.46. The number of carbonyl (C=O) groups is 1. The molecule has 0 radical (unpaired) electrons. The van der Waals surface area contributed by atoms with Gasteiger partial charge in [-0.1, -0.05) is 41.9 Å². The Hall–Kier alpha value is -1.92. The number of benzene rings is 2. The highest BCUT2D eigenvalue weighted by Gasteiger charge is 2.12. The number of carbonyl (C=O) groups excluding carboxylic acids is 1. The number of halogens is 2. The number of para-hydroxylation sites is 1. The van der Waals surface area contributed by atoms with Crippen molar-refractivity contribution in [2.75, 3.05) is 5.32 Å². The molecule has 3 rings (SSSR count). The number of hydrogen-bond acceptors (Lipinski definition) is 2. The number of nitrogens with one attached hydrogen (secondary N) is 1. The van der Waals surface area contributed by atoms with E-state index in [1.807, 2.05) is 48.5 Å². The van der Waals surface area contributed by atoms with Crippen LogP contribution in [0.25, 0.3) is 11.3 Å². The van der Waals surface area contributed by atoms with E-state index in [1.54, 1.807) is 18.3 Å². The van der Waals surface area contributed by atoms with Gasteiger partial charge in [0.1, 0.15) is 0 Å². The molecule has 0 unspecified atom stereocenters. The summed E-state index contributed by atoms with van der Waals surface area (Å²) >= 11 is 8.04. The van der Waals surface area contributed by atoms with E-state index in [1.165, 1.54) is 0 Å². The minimum Gasteiger partial charge on any atom is -0.321 e. The Balaban J connectivity index is 1.94. The summed E-state index contributed by atoms with van der Waals surface area (Å²) in [6.07, 6.45) is 1.59. The molecule has 0 spiro atoms. The average molecular weight is 435 g/mol. The highest BCUT2D eigenvalue weighted by molar-refractivity contribution is 14.1. The molecule has 0 saturated heterocycles. The SMILES string of the molecule is O=C(Nc1ccccc1-c1ccc(Cl)cn1)c1ccccc1I. The minimum absolute atomic E-state index is 0.142. The highest BCUT2D eigenvalue weighted by atomic mass is 127. The molecule has 3 aromatic rings. The Morgan fingerprint density at radius 1 is 1.00 bits per heavy atom. The second kappa shape index (κ2) is 7.10. The van der Waals surface area contributed by atoms with Crippen LogP contribution in [0.4, 0.5) is 5.69 Å². The van der Waals surface area contributed by atoms with Crippen LogP contribution >= 0.6 is 34.2 Å². The molecular weight excluding hydrogens is 423 g/mol. The third-order valence-electron chi connectivity index (χ3n) is 3.30. The minimum atomic E-state index is -0.142. The molecule has 1 amide bonds. The molecule has 0 aliphatic carbocycles. The van der Waals surface area contributed by atoms with E-state index in [9.17, 15) is 4.79 Å². The van der Waals surface area contributed by atoms with Crippen LogP contribution in [-0.4, -0.2) is 10.9 Å². The summed E-state index contributed by atoms with van der Waals surface area (Å²) < 4.78 is 0.907. The molecule has 0 atom stereocenters. The lowest BCUT2D eigenvalue weighted by Crippen LogP contribution is -2.14.